The summed E-state index contributed by atoms with van der Waals surface area (Å²) in [5.74, 6) is 0.251. The van der Waals surface area contributed by atoms with Crippen molar-refractivity contribution >= 4 is 5.91 Å². The second-order valence-corrected chi connectivity index (χ2v) is 8.76. The SMILES string of the molecule is COc1ccc(-c2nn(-c3ccccc3C)cc2CN2CCC[C@H](CNC(C)=O)C2)cc1F. The largest absolute Gasteiger partial charge is 0.494 e. The van der Waals surface area contributed by atoms with E-state index in [1.807, 2.05) is 28.9 Å². The maximum atomic E-state index is 14.5. The lowest BCUT2D eigenvalue weighted by Gasteiger charge is -2.32. The number of nitrogens with zero attached hydrogens (tertiary/aromatic N) is 3. The van der Waals surface area contributed by atoms with Crippen LogP contribution in [0.1, 0.15) is 30.9 Å². The predicted molar refractivity (Wildman–Crippen MR) is 127 cm³/mol. The molecule has 1 N–H and O–H groups in total. The Morgan fingerprint density at radius 3 is 2.82 bits per heavy atom. The first kappa shape index (κ1) is 23.0. The van der Waals surface area contributed by atoms with Crippen LogP contribution in [0, 0.1) is 18.7 Å². The van der Waals surface area contributed by atoms with Gasteiger partial charge in [0, 0.05) is 43.9 Å². The van der Waals surface area contributed by atoms with Crippen LogP contribution in [0.15, 0.2) is 48.7 Å². The highest BCUT2D eigenvalue weighted by atomic mass is 19.1. The molecule has 0 aliphatic carbocycles. The number of piperidine rings is 1. The van der Waals surface area contributed by atoms with Crippen molar-refractivity contribution in [3.8, 4) is 22.7 Å². The van der Waals surface area contributed by atoms with Gasteiger partial charge in [0.15, 0.2) is 11.6 Å². The molecule has 4 rings (SSSR count). The van der Waals surface area contributed by atoms with Gasteiger partial charge < -0.3 is 10.1 Å². The number of amides is 1. The molecule has 6 nitrogen and oxygen atoms in total. The summed E-state index contributed by atoms with van der Waals surface area (Å²) in [6.07, 6.45) is 4.25. The van der Waals surface area contributed by atoms with E-state index < -0.39 is 5.82 Å². The molecule has 1 aromatic heterocycles. The molecule has 33 heavy (non-hydrogen) atoms. The lowest BCUT2D eigenvalue weighted by molar-refractivity contribution is -0.119. The first-order chi connectivity index (χ1) is 15.9. The number of methoxy groups -OCH3 is 1. The average Bonchev–Trinajstić information content (AvgIpc) is 3.21. The number of hydrogen-bond donors (Lipinski definition) is 1. The molecular formula is C26H31FN4O2. The third-order valence-electron chi connectivity index (χ3n) is 6.21. The van der Waals surface area contributed by atoms with Gasteiger partial charge >= 0.3 is 0 Å². The first-order valence-corrected chi connectivity index (χ1v) is 11.4. The number of aryl methyl sites for hydroxylation is 1. The zero-order valence-electron chi connectivity index (χ0n) is 19.5. The van der Waals surface area contributed by atoms with Crippen molar-refractivity contribution in [3.05, 3.63) is 65.6 Å². The van der Waals surface area contributed by atoms with Gasteiger partial charge in [0.2, 0.25) is 5.91 Å². The van der Waals surface area contributed by atoms with Gasteiger partial charge in [-0.05, 0) is 62.1 Å². The van der Waals surface area contributed by atoms with E-state index in [0.717, 1.165) is 54.0 Å². The van der Waals surface area contributed by atoms with Crippen molar-refractivity contribution in [2.75, 3.05) is 26.7 Å². The van der Waals surface area contributed by atoms with Crippen molar-refractivity contribution in [2.45, 2.75) is 33.2 Å². The summed E-state index contributed by atoms with van der Waals surface area (Å²) >= 11 is 0. The van der Waals surface area contributed by atoms with E-state index in [9.17, 15) is 9.18 Å². The fourth-order valence-electron chi connectivity index (χ4n) is 4.52. The Bertz CT molecular complexity index is 1130. The van der Waals surface area contributed by atoms with E-state index in [0.29, 0.717) is 19.0 Å². The summed E-state index contributed by atoms with van der Waals surface area (Å²) in [6.45, 7) is 6.92. The lowest BCUT2D eigenvalue weighted by Crippen LogP contribution is -2.40. The highest BCUT2D eigenvalue weighted by Gasteiger charge is 2.23. The zero-order valence-corrected chi connectivity index (χ0v) is 19.5. The summed E-state index contributed by atoms with van der Waals surface area (Å²) in [4.78, 5) is 13.7. The minimum absolute atomic E-state index is 0.00968. The number of para-hydroxylation sites is 1. The van der Waals surface area contributed by atoms with E-state index in [1.54, 1.807) is 13.0 Å². The van der Waals surface area contributed by atoms with E-state index in [1.165, 1.54) is 13.2 Å². The van der Waals surface area contributed by atoms with Gasteiger partial charge in [0.1, 0.15) is 0 Å². The molecule has 7 heteroatoms. The third kappa shape index (κ3) is 5.42. The standard InChI is InChI=1S/C26H31FN4O2/c1-18-7-4-5-9-24(18)31-17-22(16-30-12-6-8-20(15-30)14-28-19(2)32)26(29-31)21-10-11-25(33-3)23(27)13-21/h4-5,7,9-11,13,17,20H,6,8,12,14-16H2,1-3H3,(H,28,32)/t20-/m1/s1. The quantitative estimate of drug-likeness (QED) is 0.582. The molecule has 1 aliphatic rings. The lowest BCUT2D eigenvalue weighted by atomic mass is 9.97. The molecule has 0 unspecified atom stereocenters. The second-order valence-electron chi connectivity index (χ2n) is 8.76. The molecule has 1 aliphatic heterocycles. The summed E-state index contributed by atoms with van der Waals surface area (Å²) in [5.41, 5.74) is 4.66. The molecule has 1 saturated heterocycles. The van der Waals surface area contributed by atoms with Gasteiger partial charge in [-0.25, -0.2) is 9.07 Å². The number of ether oxygens (including phenoxy) is 1. The summed E-state index contributed by atoms with van der Waals surface area (Å²) in [7, 11) is 1.46. The Labute approximate surface area is 194 Å². The number of carbonyl (C=O) groups excluding carboxylic acids is 1. The minimum atomic E-state index is -0.403. The van der Waals surface area contributed by atoms with Crippen molar-refractivity contribution < 1.29 is 13.9 Å². The molecule has 2 aromatic carbocycles. The van der Waals surface area contributed by atoms with E-state index in [4.69, 9.17) is 9.84 Å². The summed E-state index contributed by atoms with van der Waals surface area (Å²) in [5, 5.41) is 7.83. The fourth-order valence-corrected chi connectivity index (χ4v) is 4.52. The molecule has 1 atom stereocenters. The number of likely N-dealkylation sites (tertiary alicyclic amines) is 1. The molecular weight excluding hydrogens is 419 g/mol. The molecule has 0 saturated carbocycles. The maximum absolute atomic E-state index is 14.5. The van der Waals surface area contributed by atoms with Crippen LogP contribution in [0.4, 0.5) is 4.39 Å². The van der Waals surface area contributed by atoms with Crippen molar-refractivity contribution in [1.29, 1.82) is 0 Å². The third-order valence-corrected chi connectivity index (χ3v) is 6.21. The molecule has 174 valence electrons. The molecule has 3 aromatic rings. The maximum Gasteiger partial charge on any atom is 0.216 e. The number of carbonyl (C=O) groups is 1. The van der Waals surface area contributed by atoms with Gasteiger partial charge in [-0.1, -0.05) is 18.2 Å². The Hall–Kier alpha value is -3.19. The number of benzene rings is 2. The molecule has 2 heterocycles. The molecule has 0 bridgehead atoms. The van der Waals surface area contributed by atoms with Crippen LogP contribution >= 0.6 is 0 Å². The second kappa shape index (κ2) is 10.2. The molecule has 1 amide bonds. The summed E-state index contributed by atoms with van der Waals surface area (Å²) in [6, 6.07) is 13.1. The highest BCUT2D eigenvalue weighted by molar-refractivity contribution is 5.72. The number of nitrogens with one attached hydrogen (secondary N) is 1. The van der Waals surface area contributed by atoms with Crippen LogP contribution in [0.5, 0.6) is 5.75 Å². The van der Waals surface area contributed by atoms with E-state index in [-0.39, 0.29) is 11.7 Å². The van der Waals surface area contributed by atoms with E-state index >= 15 is 0 Å². The zero-order chi connectivity index (χ0) is 23.4. The Morgan fingerprint density at radius 1 is 1.27 bits per heavy atom. The average molecular weight is 451 g/mol. The van der Waals surface area contributed by atoms with Gasteiger partial charge in [0.05, 0.1) is 18.5 Å². The number of rotatable bonds is 7. The van der Waals surface area contributed by atoms with Crippen molar-refractivity contribution in [2.24, 2.45) is 5.92 Å². The highest BCUT2D eigenvalue weighted by Crippen LogP contribution is 2.30. The minimum Gasteiger partial charge on any atom is -0.494 e. The van der Waals surface area contributed by atoms with E-state index in [2.05, 4.69) is 29.4 Å². The van der Waals surface area contributed by atoms with Gasteiger partial charge in [-0.15, -0.1) is 0 Å². The van der Waals surface area contributed by atoms with Crippen LogP contribution in [0.25, 0.3) is 16.9 Å². The van der Waals surface area contributed by atoms with Crippen LogP contribution in [-0.4, -0.2) is 47.3 Å². The monoisotopic (exact) mass is 450 g/mol. The number of hydrogen-bond acceptors (Lipinski definition) is 4. The Balaban J connectivity index is 1.65. The van der Waals surface area contributed by atoms with Crippen LogP contribution in [0.2, 0.25) is 0 Å². The van der Waals surface area contributed by atoms with Crippen molar-refractivity contribution in [3.63, 3.8) is 0 Å². The topological polar surface area (TPSA) is 59.4 Å². The van der Waals surface area contributed by atoms with Crippen LogP contribution in [-0.2, 0) is 11.3 Å². The summed E-state index contributed by atoms with van der Waals surface area (Å²) < 4.78 is 21.5. The molecule has 1 fully saturated rings. The first-order valence-electron chi connectivity index (χ1n) is 11.4. The number of aromatic nitrogens is 2. The van der Waals surface area contributed by atoms with Gasteiger partial charge in [0.25, 0.3) is 0 Å². The molecule has 0 radical (unpaired) electrons. The Kier molecular flexibility index (Phi) is 7.08. The smallest absolute Gasteiger partial charge is 0.216 e. The Morgan fingerprint density at radius 2 is 2.09 bits per heavy atom. The normalized spacial score (nSPS) is 16.5. The molecule has 0 spiro atoms. The predicted octanol–water partition coefficient (Wildman–Crippen LogP) is 4.34. The van der Waals surface area contributed by atoms with Gasteiger partial charge in [-0.2, -0.15) is 5.10 Å². The number of halogens is 1. The van der Waals surface area contributed by atoms with Crippen LogP contribution in [0.3, 0.4) is 0 Å². The van der Waals surface area contributed by atoms with Crippen LogP contribution < -0.4 is 10.1 Å². The van der Waals surface area contributed by atoms with Gasteiger partial charge in [-0.3, -0.25) is 9.69 Å². The van der Waals surface area contributed by atoms with Crippen molar-refractivity contribution in [1.82, 2.24) is 20.0 Å². The fraction of sp³-hybridized carbons (Fsp3) is 0.385.